The molecule has 0 aliphatic carbocycles. The number of nitriles is 1. The summed E-state index contributed by atoms with van der Waals surface area (Å²) >= 11 is 0. The molecule has 6 heteroatoms. The molecule has 124 valence electrons. The number of sulfonamides is 1. The van der Waals surface area contributed by atoms with Gasteiger partial charge in [-0.15, -0.1) is 6.58 Å². The zero-order chi connectivity index (χ0) is 17.6. The molecule has 2 aromatic carbocycles. The summed E-state index contributed by atoms with van der Waals surface area (Å²) in [6.45, 7) is 3.88. The van der Waals surface area contributed by atoms with Gasteiger partial charge < -0.3 is 4.74 Å². The monoisotopic (exact) mass is 342 g/mol. The average Bonchev–Trinajstić information content (AvgIpc) is 2.61. The number of benzene rings is 2. The Morgan fingerprint density at radius 3 is 2.46 bits per heavy atom. The fourth-order valence-electron chi connectivity index (χ4n) is 2.25. The summed E-state index contributed by atoms with van der Waals surface area (Å²) < 4.78 is 32.1. The topological polar surface area (TPSA) is 70.4 Å². The summed E-state index contributed by atoms with van der Waals surface area (Å²) in [6, 6.07) is 15.2. The summed E-state index contributed by atoms with van der Waals surface area (Å²) in [4.78, 5) is 0.166. The van der Waals surface area contributed by atoms with Crippen LogP contribution in [-0.2, 0) is 16.6 Å². The van der Waals surface area contributed by atoms with E-state index in [0.717, 1.165) is 0 Å². The lowest BCUT2D eigenvalue weighted by molar-refractivity contribution is 0.414. The lowest BCUT2D eigenvalue weighted by Crippen LogP contribution is -2.31. The van der Waals surface area contributed by atoms with Crippen molar-refractivity contribution in [2.24, 2.45) is 0 Å². The molecule has 0 N–H and O–H groups in total. The maximum absolute atomic E-state index is 12.9. The second kappa shape index (κ2) is 7.77. The molecule has 0 saturated carbocycles. The third kappa shape index (κ3) is 3.82. The van der Waals surface area contributed by atoms with Crippen LogP contribution in [0.2, 0.25) is 0 Å². The van der Waals surface area contributed by atoms with E-state index >= 15 is 0 Å². The molecule has 0 spiro atoms. The van der Waals surface area contributed by atoms with E-state index in [4.69, 9.17) is 4.74 Å². The molecule has 0 aromatic heterocycles. The largest absolute Gasteiger partial charge is 0.497 e. The molecule has 0 aliphatic heterocycles. The fraction of sp³-hybridized carbons (Fsp3) is 0.167. The Bertz CT molecular complexity index is 853. The van der Waals surface area contributed by atoms with E-state index in [9.17, 15) is 13.7 Å². The lowest BCUT2D eigenvalue weighted by Gasteiger charge is -2.21. The number of methoxy groups -OCH3 is 1. The summed E-state index contributed by atoms with van der Waals surface area (Å²) in [5.41, 5.74) is 1.11. The molecular formula is C18H18N2O3S. The van der Waals surface area contributed by atoms with Crippen molar-refractivity contribution >= 4 is 10.0 Å². The normalized spacial score (nSPS) is 11.0. The predicted octanol–water partition coefficient (Wildman–Crippen LogP) is 2.94. The zero-order valence-corrected chi connectivity index (χ0v) is 14.2. The van der Waals surface area contributed by atoms with Crippen LogP contribution < -0.4 is 4.74 Å². The second-order valence-electron chi connectivity index (χ2n) is 5.03. The van der Waals surface area contributed by atoms with Crippen LogP contribution in [-0.4, -0.2) is 26.4 Å². The van der Waals surface area contributed by atoms with Gasteiger partial charge in [-0.05, 0) is 35.9 Å². The van der Waals surface area contributed by atoms with Crippen molar-refractivity contribution in [1.29, 1.82) is 5.26 Å². The number of ether oxygens (including phenoxy) is 1. The van der Waals surface area contributed by atoms with E-state index in [1.807, 2.05) is 0 Å². The van der Waals surface area contributed by atoms with Gasteiger partial charge in [-0.1, -0.05) is 24.3 Å². The van der Waals surface area contributed by atoms with Gasteiger partial charge in [0.25, 0.3) is 0 Å². The molecule has 2 aromatic rings. The molecule has 24 heavy (non-hydrogen) atoms. The molecule has 0 amide bonds. The SMILES string of the molecule is C=CCN(Cc1ccccc1C#N)S(=O)(=O)c1ccc(OC)cc1. The standard InChI is InChI=1S/C18H18N2O3S/c1-3-12-20(14-16-7-5-4-6-15(16)13-19)24(21,22)18-10-8-17(23-2)9-11-18/h3-11H,1,12,14H2,2H3. The molecule has 0 heterocycles. The highest BCUT2D eigenvalue weighted by atomic mass is 32.2. The molecule has 0 saturated heterocycles. The highest BCUT2D eigenvalue weighted by Crippen LogP contribution is 2.22. The number of nitrogens with zero attached hydrogens (tertiary/aromatic N) is 2. The van der Waals surface area contributed by atoms with E-state index in [-0.39, 0.29) is 18.0 Å². The molecule has 0 atom stereocenters. The first-order valence-electron chi connectivity index (χ1n) is 7.26. The van der Waals surface area contributed by atoms with Crippen molar-refractivity contribution in [1.82, 2.24) is 4.31 Å². The van der Waals surface area contributed by atoms with Crippen molar-refractivity contribution in [3.63, 3.8) is 0 Å². The van der Waals surface area contributed by atoms with Gasteiger partial charge >= 0.3 is 0 Å². The van der Waals surface area contributed by atoms with Crippen LogP contribution in [0.1, 0.15) is 11.1 Å². The molecule has 2 rings (SSSR count). The van der Waals surface area contributed by atoms with Crippen molar-refractivity contribution < 1.29 is 13.2 Å². The summed E-state index contributed by atoms with van der Waals surface area (Å²) in [5.74, 6) is 0.582. The van der Waals surface area contributed by atoms with Crippen molar-refractivity contribution in [3.05, 3.63) is 72.3 Å². The van der Waals surface area contributed by atoms with Gasteiger partial charge in [0.05, 0.1) is 23.6 Å². The quantitative estimate of drug-likeness (QED) is 0.725. The Morgan fingerprint density at radius 2 is 1.88 bits per heavy atom. The smallest absolute Gasteiger partial charge is 0.243 e. The Kier molecular flexibility index (Phi) is 5.74. The van der Waals surface area contributed by atoms with E-state index in [1.54, 1.807) is 36.4 Å². The molecule has 0 fully saturated rings. The van der Waals surface area contributed by atoms with Crippen LogP contribution >= 0.6 is 0 Å². The number of rotatable bonds is 7. The van der Waals surface area contributed by atoms with Crippen LogP contribution in [0.25, 0.3) is 0 Å². The molecule has 0 unspecified atom stereocenters. The minimum Gasteiger partial charge on any atom is -0.497 e. The van der Waals surface area contributed by atoms with E-state index < -0.39 is 10.0 Å². The maximum atomic E-state index is 12.9. The summed E-state index contributed by atoms with van der Waals surface area (Å²) in [5, 5.41) is 9.19. The summed E-state index contributed by atoms with van der Waals surface area (Å²) in [7, 11) is -2.19. The highest BCUT2D eigenvalue weighted by Gasteiger charge is 2.24. The number of hydrogen-bond acceptors (Lipinski definition) is 4. The van der Waals surface area contributed by atoms with Gasteiger partial charge in [0, 0.05) is 13.1 Å². The van der Waals surface area contributed by atoms with Gasteiger partial charge in [-0.3, -0.25) is 0 Å². The first-order chi connectivity index (χ1) is 11.5. The van der Waals surface area contributed by atoms with Crippen molar-refractivity contribution in [3.8, 4) is 11.8 Å². The van der Waals surface area contributed by atoms with Gasteiger partial charge in [0.1, 0.15) is 5.75 Å². The Morgan fingerprint density at radius 1 is 1.21 bits per heavy atom. The second-order valence-corrected chi connectivity index (χ2v) is 6.97. The summed E-state index contributed by atoms with van der Waals surface area (Å²) in [6.07, 6.45) is 1.52. The van der Waals surface area contributed by atoms with Crippen LogP contribution in [0.4, 0.5) is 0 Å². The minimum atomic E-state index is -3.71. The molecule has 0 aliphatic rings. The predicted molar refractivity (Wildman–Crippen MR) is 91.9 cm³/mol. The van der Waals surface area contributed by atoms with Crippen LogP contribution in [0, 0.1) is 11.3 Å². The van der Waals surface area contributed by atoms with E-state index in [0.29, 0.717) is 16.9 Å². The van der Waals surface area contributed by atoms with Gasteiger partial charge in [0.2, 0.25) is 10.0 Å². The third-order valence-electron chi connectivity index (χ3n) is 3.51. The maximum Gasteiger partial charge on any atom is 0.243 e. The number of hydrogen-bond donors (Lipinski definition) is 0. The Labute approximate surface area is 142 Å². The van der Waals surface area contributed by atoms with E-state index in [1.165, 1.54) is 29.6 Å². The van der Waals surface area contributed by atoms with Gasteiger partial charge in [0.15, 0.2) is 0 Å². The molecule has 0 bridgehead atoms. The lowest BCUT2D eigenvalue weighted by atomic mass is 10.1. The first-order valence-corrected chi connectivity index (χ1v) is 8.70. The van der Waals surface area contributed by atoms with Crippen molar-refractivity contribution in [2.75, 3.05) is 13.7 Å². The molecule has 0 radical (unpaired) electrons. The van der Waals surface area contributed by atoms with Gasteiger partial charge in [-0.25, -0.2) is 8.42 Å². The highest BCUT2D eigenvalue weighted by molar-refractivity contribution is 7.89. The Hall–Kier alpha value is -2.62. The minimum absolute atomic E-state index is 0.101. The Balaban J connectivity index is 2.38. The van der Waals surface area contributed by atoms with Crippen LogP contribution in [0.15, 0.2) is 66.1 Å². The van der Waals surface area contributed by atoms with Crippen LogP contribution in [0.5, 0.6) is 5.75 Å². The molecule has 5 nitrogen and oxygen atoms in total. The first kappa shape index (κ1) is 17.7. The average molecular weight is 342 g/mol. The fourth-order valence-corrected chi connectivity index (χ4v) is 3.63. The molecular weight excluding hydrogens is 324 g/mol. The van der Waals surface area contributed by atoms with Gasteiger partial charge in [-0.2, -0.15) is 9.57 Å². The van der Waals surface area contributed by atoms with E-state index in [2.05, 4.69) is 12.6 Å². The zero-order valence-electron chi connectivity index (χ0n) is 13.3. The van der Waals surface area contributed by atoms with Crippen molar-refractivity contribution in [2.45, 2.75) is 11.4 Å². The third-order valence-corrected chi connectivity index (χ3v) is 5.34. The van der Waals surface area contributed by atoms with Crippen LogP contribution in [0.3, 0.4) is 0 Å².